The quantitative estimate of drug-likeness (QED) is 0.138. The second-order valence-electron chi connectivity index (χ2n) is 11.8. The average molecular weight is 657 g/mol. The SMILES string of the molecule is Cc1cccc(CN=P(c2ccccc2)(c2ccccc2)c2ccccc2)c1N=P(c1ccccc1)(c1ccccc1)c1ccccc1. The van der Waals surface area contributed by atoms with Gasteiger partial charge in [-0.3, -0.25) is 9.49 Å². The minimum absolute atomic E-state index is 0.533. The van der Waals surface area contributed by atoms with Crippen LogP contribution in [0.3, 0.4) is 0 Å². The van der Waals surface area contributed by atoms with E-state index in [0.717, 1.165) is 16.8 Å². The highest BCUT2D eigenvalue weighted by Gasteiger charge is 2.29. The molecule has 234 valence electrons. The first kappa shape index (κ1) is 31.6. The lowest BCUT2D eigenvalue weighted by atomic mass is 10.1. The van der Waals surface area contributed by atoms with Gasteiger partial charge in [-0.05, 0) is 18.1 Å². The second-order valence-corrected chi connectivity index (χ2v) is 17.9. The molecule has 0 amide bonds. The van der Waals surface area contributed by atoms with Crippen LogP contribution in [-0.2, 0) is 6.54 Å². The first-order valence-electron chi connectivity index (χ1n) is 16.3. The van der Waals surface area contributed by atoms with Gasteiger partial charge in [0.1, 0.15) is 0 Å². The number of hydrogen-bond donors (Lipinski definition) is 0. The fourth-order valence-electron chi connectivity index (χ4n) is 6.50. The zero-order valence-corrected chi connectivity index (χ0v) is 28.8. The van der Waals surface area contributed by atoms with Crippen LogP contribution in [-0.4, -0.2) is 0 Å². The highest BCUT2D eigenvalue weighted by atomic mass is 31.2. The van der Waals surface area contributed by atoms with Crippen LogP contribution in [0, 0.1) is 6.92 Å². The summed E-state index contributed by atoms with van der Waals surface area (Å²) in [7, 11) is -4.86. The molecular formula is C44H38N2P2. The minimum Gasteiger partial charge on any atom is -0.285 e. The van der Waals surface area contributed by atoms with E-state index in [9.17, 15) is 0 Å². The predicted molar refractivity (Wildman–Crippen MR) is 210 cm³/mol. The van der Waals surface area contributed by atoms with E-state index in [-0.39, 0.29) is 0 Å². The lowest BCUT2D eigenvalue weighted by Gasteiger charge is -2.28. The van der Waals surface area contributed by atoms with Gasteiger partial charge in [-0.2, -0.15) is 0 Å². The van der Waals surface area contributed by atoms with Crippen LogP contribution in [0.15, 0.2) is 210 Å². The normalized spacial score (nSPS) is 11.5. The summed E-state index contributed by atoms with van der Waals surface area (Å²) in [4.78, 5) is 0. The zero-order valence-electron chi connectivity index (χ0n) is 27.0. The van der Waals surface area contributed by atoms with Gasteiger partial charge < -0.3 is 0 Å². The maximum atomic E-state index is 5.98. The van der Waals surface area contributed by atoms with Crippen molar-refractivity contribution in [1.29, 1.82) is 0 Å². The summed E-state index contributed by atoms with van der Waals surface area (Å²) in [6, 6.07) is 71.7. The molecule has 0 fully saturated rings. The lowest BCUT2D eigenvalue weighted by molar-refractivity contribution is 1.08. The van der Waals surface area contributed by atoms with Crippen LogP contribution in [0.1, 0.15) is 11.1 Å². The maximum absolute atomic E-state index is 5.98. The monoisotopic (exact) mass is 656 g/mol. The molecule has 0 radical (unpaired) electrons. The third kappa shape index (κ3) is 6.07. The molecule has 0 atom stereocenters. The molecule has 2 nitrogen and oxygen atoms in total. The maximum Gasteiger partial charge on any atom is 0.0705 e. The van der Waals surface area contributed by atoms with Gasteiger partial charge in [0.05, 0.1) is 26.3 Å². The van der Waals surface area contributed by atoms with Crippen LogP contribution in [0.2, 0.25) is 0 Å². The molecule has 0 aliphatic heterocycles. The van der Waals surface area contributed by atoms with Crippen molar-refractivity contribution >= 4 is 51.6 Å². The van der Waals surface area contributed by atoms with Crippen molar-refractivity contribution in [3.63, 3.8) is 0 Å². The number of hydrogen-bond acceptors (Lipinski definition) is 2. The van der Waals surface area contributed by atoms with E-state index < -0.39 is 14.1 Å². The van der Waals surface area contributed by atoms with Crippen molar-refractivity contribution in [2.45, 2.75) is 13.5 Å². The van der Waals surface area contributed by atoms with E-state index in [1.54, 1.807) is 0 Å². The summed E-state index contributed by atoms with van der Waals surface area (Å²) in [5.41, 5.74) is 3.31. The smallest absolute Gasteiger partial charge is 0.0705 e. The number of rotatable bonds is 9. The molecule has 7 aromatic carbocycles. The van der Waals surface area contributed by atoms with E-state index in [4.69, 9.17) is 9.49 Å². The molecule has 0 heterocycles. The van der Waals surface area contributed by atoms with Gasteiger partial charge in [-0.25, -0.2) is 0 Å². The van der Waals surface area contributed by atoms with Gasteiger partial charge >= 0.3 is 0 Å². The molecule has 0 aromatic heterocycles. The molecular weight excluding hydrogens is 618 g/mol. The summed E-state index contributed by atoms with van der Waals surface area (Å²) in [6.07, 6.45) is 0. The Morgan fingerprint density at radius 1 is 0.354 bits per heavy atom. The molecule has 0 aliphatic rings. The molecule has 0 N–H and O–H groups in total. The summed E-state index contributed by atoms with van der Waals surface area (Å²) in [6.45, 7) is 2.72. The van der Waals surface area contributed by atoms with Gasteiger partial charge in [-0.1, -0.05) is 200 Å². The lowest BCUT2D eigenvalue weighted by Crippen LogP contribution is -2.25. The van der Waals surface area contributed by atoms with Crippen LogP contribution in [0.5, 0.6) is 0 Å². The van der Waals surface area contributed by atoms with Crippen LogP contribution < -0.4 is 31.8 Å². The van der Waals surface area contributed by atoms with Crippen LogP contribution >= 0.6 is 14.1 Å². The van der Waals surface area contributed by atoms with Crippen molar-refractivity contribution in [2.24, 2.45) is 9.49 Å². The Balaban J connectivity index is 1.53. The van der Waals surface area contributed by atoms with Crippen LogP contribution in [0.25, 0.3) is 0 Å². The topological polar surface area (TPSA) is 24.7 Å². The zero-order chi connectivity index (χ0) is 32.7. The Hall–Kier alpha value is -5.00. The highest BCUT2D eigenvalue weighted by Crippen LogP contribution is 2.51. The summed E-state index contributed by atoms with van der Waals surface area (Å²) in [5, 5.41) is 7.42. The third-order valence-corrected chi connectivity index (χ3v) is 16.1. The van der Waals surface area contributed by atoms with Gasteiger partial charge in [0.2, 0.25) is 0 Å². The molecule has 0 bridgehead atoms. The number of benzene rings is 7. The fraction of sp³-hybridized carbons (Fsp3) is 0.0455. The Morgan fingerprint density at radius 3 is 1.00 bits per heavy atom. The van der Waals surface area contributed by atoms with E-state index in [0.29, 0.717) is 6.54 Å². The molecule has 4 heteroatoms. The van der Waals surface area contributed by atoms with Crippen molar-refractivity contribution < 1.29 is 0 Å². The van der Waals surface area contributed by atoms with Crippen molar-refractivity contribution in [1.82, 2.24) is 0 Å². The molecule has 7 aromatic rings. The van der Waals surface area contributed by atoms with Gasteiger partial charge in [0.15, 0.2) is 0 Å². The molecule has 0 spiro atoms. The highest BCUT2D eigenvalue weighted by molar-refractivity contribution is 7.87. The molecule has 48 heavy (non-hydrogen) atoms. The van der Waals surface area contributed by atoms with E-state index in [1.807, 2.05) is 0 Å². The van der Waals surface area contributed by atoms with Gasteiger partial charge in [-0.15, -0.1) is 0 Å². The second kappa shape index (κ2) is 14.4. The van der Waals surface area contributed by atoms with Gasteiger partial charge in [0.25, 0.3) is 0 Å². The van der Waals surface area contributed by atoms with Gasteiger partial charge in [0, 0.05) is 31.8 Å². The van der Waals surface area contributed by atoms with Crippen molar-refractivity contribution in [3.05, 3.63) is 211 Å². The fourth-order valence-corrected chi connectivity index (χ4v) is 13.7. The molecule has 0 aliphatic carbocycles. The van der Waals surface area contributed by atoms with E-state index in [1.165, 1.54) is 31.8 Å². The Labute approximate surface area is 284 Å². The third-order valence-electron chi connectivity index (χ3n) is 8.80. The Kier molecular flexibility index (Phi) is 9.48. The Morgan fingerprint density at radius 2 is 0.667 bits per heavy atom. The first-order chi connectivity index (χ1) is 23.7. The summed E-state index contributed by atoms with van der Waals surface area (Å²) in [5.74, 6) is 0. The van der Waals surface area contributed by atoms with Crippen molar-refractivity contribution in [2.75, 3.05) is 0 Å². The first-order valence-corrected chi connectivity index (χ1v) is 19.8. The standard InChI is InChI=1S/C44H38N2P2/c1-36-21-20-22-37(35-45-47(38-23-8-2-9-24-38,39-25-10-3-11-26-39)40-27-12-4-13-28-40)44(36)46-48(41-29-14-5-15-30-41,42-31-16-6-17-32-42)43-33-18-7-19-34-43/h2-34H,35H2,1H3. The summed E-state index contributed by atoms with van der Waals surface area (Å²) >= 11 is 0. The molecule has 7 rings (SSSR count). The van der Waals surface area contributed by atoms with E-state index in [2.05, 4.69) is 207 Å². The predicted octanol–water partition coefficient (Wildman–Crippen LogP) is 9.48. The van der Waals surface area contributed by atoms with E-state index >= 15 is 0 Å². The molecule has 0 saturated heterocycles. The van der Waals surface area contributed by atoms with Crippen LogP contribution in [0.4, 0.5) is 5.69 Å². The largest absolute Gasteiger partial charge is 0.285 e. The molecule has 0 unspecified atom stereocenters. The number of nitrogens with zero attached hydrogens (tertiary/aromatic N) is 2. The average Bonchev–Trinajstić information content (AvgIpc) is 3.17. The number of aryl methyl sites for hydroxylation is 1. The molecule has 0 saturated carbocycles. The minimum atomic E-state index is -2.48. The summed E-state index contributed by atoms with van der Waals surface area (Å²) < 4.78 is 11.8. The van der Waals surface area contributed by atoms with Crippen molar-refractivity contribution in [3.8, 4) is 0 Å². The Bertz CT molecular complexity index is 1990.